The maximum atomic E-state index is 12.6. The molecule has 0 saturated carbocycles. The van der Waals surface area contributed by atoms with Gasteiger partial charge in [0.05, 0.1) is 5.56 Å². The minimum Gasteiger partial charge on any atom is -0.396 e. The standard InChI is InChI=1S/C13H20BrN3O2/c1-9(2)17(5-4-6-18)13(19)11-7-10(14)8-16-12(11)15-3/h7-9,18H,4-6H2,1-3H3,(H,15,16). The molecule has 19 heavy (non-hydrogen) atoms. The summed E-state index contributed by atoms with van der Waals surface area (Å²) in [6.07, 6.45) is 2.22. The highest BCUT2D eigenvalue weighted by Gasteiger charge is 2.21. The zero-order valence-corrected chi connectivity index (χ0v) is 13.1. The van der Waals surface area contributed by atoms with Gasteiger partial charge in [-0.15, -0.1) is 0 Å². The van der Waals surface area contributed by atoms with Crippen LogP contribution >= 0.6 is 15.9 Å². The van der Waals surface area contributed by atoms with Gasteiger partial charge >= 0.3 is 0 Å². The number of nitrogens with zero attached hydrogens (tertiary/aromatic N) is 2. The van der Waals surface area contributed by atoms with Gasteiger partial charge < -0.3 is 15.3 Å². The largest absolute Gasteiger partial charge is 0.396 e. The van der Waals surface area contributed by atoms with E-state index in [1.807, 2.05) is 13.8 Å². The van der Waals surface area contributed by atoms with Crippen molar-refractivity contribution in [1.29, 1.82) is 0 Å². The van der Waals surface area contributed by atoms with E-state index in [1.165, 1.54) is 0 Å². The Morgan fingerprint density at radius 3 is 2.79 bits per heavy atom. The predicted molar refractivity (Wildman–Crippen MR) is 79.4 cm³/mol. The number of hydrogen-bond donors (Lipinski definition) is 2. The second kappa shape index (κ2) is 7.45. The van der Waals surface area contributed by atoms with Gasteiger partial charge in [-0.3, -0.25) is 4.79 Å². The number of nitrogens with one attached hydrogen (secondary N) is 1. The van der Waals surface area contributed by atoms with Gasteiger partial charge in [-0.25, -0.2) is 4.98 Å². The number of pyridine rings is 1. The van der Waals surface area contributed by atoms with Crippen molar-refractivity contribution in [3.8, 4) is 0 Å². The number of rotatable bonds is 6. The normalized spacial score (nSPS) is 10.6. The molecule has 1 aromatic heterocycles. The van der Waals surface area contributed by atoms with Crippen LogP contribution in [0.1, 0.15) is 30.6 Å². The lowest BCUT2D eigenvalue weighted by Crippen LogP contribution is -2.38. The van der Waals surface area contributed by atoms with Gasteiger partial charge in [-0.05, 0) is 42.3 Å². The fraction of sp³-hybridized carbons (Fsp3) is 0.538. The highest BCUT2D eigenvalue weighted by molar-refractivity contribution is 9.10. The van der Waals surface area contributed by atoms with Crippen LogP contribution in [0.25, 0.3) is 0 Å². The summed E-state index contributed by atoms with van der Waals surface area (Å²) in [4.78, 5) is 18.5. The zero-order valence-electron chi connectivity index (χ0n) is 11.5. The van der Waals surface area contributed by atoms with Crippen molar-refractivity contribution in [3.05, 3.63) is 22.3 Å². The van der Waals surface area contributed by atoms with Crippen LogP contribution < -0.4 is 5.32 Å². The number of amides is 1. The van der Waals surface area contributed by atoms with Crippen LogP contribution in [0.4, 0.5) is 5.82 Å². The molecule has 5 nitrogen and oxygen atoms in total. The number of halogens is 1. The average molecular weight is 330 g/mol. The van der Waals surface area contributed by atoms with E-state index < -0.39 is 0 Å². The lowest BCUT2D eigenvalue weighted by atomic mass is 10.2. The first-order valence-corrected chi connectivity index (χ1v) is 7.05. The molecule has 0 radical (unpaired) electrons. The Labute approximate surface area is 122 Å². The van der Waals surface area contributed by atoms with Crippen molar-refractivity contribution >= 4 is 27.7 Å². The van der Waals surface area contributed by atoms with Crippen LogP contribution in [0.5, 0.6) is 0 Å². The fourth-order valence-corrected chi connectivity index (χ4v) is 2.12. The first-order valence-electron chi connectivity index (χ1n) is 6.26. The lowest BCUT2D eigenvalue weighted by molar-refractivity contribution is 0.0693. The summed E-state index contributed by atoms with van der Waals surface area (Å²) < 4.78 is 0.765. The molecule has 0 atom stereocenters. The highest BCUT2D eigenvalue weighted by atomic mass is 79.9. The summed E-state index contributed by atoms with van der Waals surface area (Å²) in [5, 5.41) is 11.8. The van der Waals surface area contributed by atoms with E-state index in [0.29, 0.717) is 24.3 Å². The molecule has 0 aliphatic heterocycles. The Balaban J connectivity index is 3.04. The molecule has 0 fully saturated rings. The topological polar surface area (TPSA) is 65.5 Å². The molecule has 0 saturated heterocycles. The third-order valence-electron chi connectivity index (χ3n) is 2.76. The molecule has 2 N–H and O–H groups in total. The number of carbonyl (C=O) groups is 1. The molecule has 0 aliphatic rings. The van der Waals surface area contributed by atoms with Gasteiger partial charge in [0.25, 0.3) is 5.91 Å². The van der Waals surface area contributed by atoms with Crippen LogP contribution in [0.3, 0.4) is 0 Å². The Morgan fingerprint density at radius 1 is 1.58 bits per heavy atom. The summed E-state index contributed by atoms with van der Waals surface area (Å²) in [7, 11) is 1.74. The summed E-state index contributed by atoms with van der Waals surface area (Å²) in [6, 6.07) is 1.83. The van der Waals surface area contributed by atoms with E-state index >= 15 is 0 Å². The van der Waals surface area contributed by atoms with E-state index in [2.05, 4.69) is 26.2 Å². The number of anilines is 1. The summed E-state index contributed by atoms with van der Waals surface area (Å²) >= 11 is 3.33. The zero-order chi connectivity index (χ0) is 14.4. The Kier molecular flexibility index (Phi) is 6.24. The van der Waals surface area contributed by atoms with Crippen molar-refractivity contribution in [1.82, 2.24) is 9.88 Å². The molecule has 0 spiro atoms. The van der Waals surface area contributed by atoms with Crippen LogP contribution in [0.2, 0.25) is 0 Å². The summed E-state index contributed by atoms with van der Waals surface area (Å²) in [5.74, 6) is 0.476. The van der Waals surface area contributed by atoms with Gasteiger partial charge in [-0.2, -0.15) is 0 Å². The summed E-state index contributed by atoms with van der Waals surface area (Å²) in [6.45, 7) is 4.52. The highest BCUT2D eigenvalue weighted by Crippen LogP contribution is 2.20. The first kappa shape index (κ1) is 15.9. The molecule has 0 bridgehead atoms. The number of hydrogen-bond acceptors (Lipinski definition) is 4. The van der Waals surface area contributed by atoms with E-state index in [1.54, 1.807) is 24.2 Å². The molecule has 0 aromatic carbocycles. The van der Waals surface area contributed by atoms with Gasteiger partial charge in [-0.1, -0.05) is 0 Å². The smallest absolute Gasteiger partial charge is 0.257 e. The number of aliphatic hydroxyl groups is 1. The Morgan fingerprint density at radius 2 is 2.26 bits per heavy atom. The number of carbonyl (C=O) groups excluding carboxylic acids is 1. The van der Waals surface area contributed by atoms with Gasteiger partial charge in [0.1, 0.15) is 5.82 Å². The van der Waals surface area contributed by atoms with E-state index in [0.717, 1.165) is 4.47 Å². The quantitative estimate of drug-likeness (QED) is 0.839. The molecular weight excluding hydrogens is 310 g/mol. The van der Waals surface area contributed by atoms with Gasteiger partial charge in [0.15, 0.2) is 0 Å². The molecule has 1 rings (SSSR count). The van der Waals surface area contributed by atoms with Crippen LogP contribution in [-0.4, -0.2) is 47.1 Å². The Hall–Kier alpha value is -1.14. The molecule has 1 aromatic rings. The van der Waals surface area contributed by atoms with Crippen molar-refractivity contribution in [3.63, 3.8) is 0 Å². The molecule has 0 aliphatic carbocycles. The third-order valence-corrected chi connectivity index (χ3v) is 3.20. The number of aromatic nitrogens is 1. The van der Waals surface area contributed by atoms with Crippen LogP contribution in [-0.2, 0) is 0 Å². The van der Waals surface area contributed by atoms with Crippen LogP contribution in [0, 0.1) is 0 Å². The van der Waals surface area contributed by atoms with Crippen molar-refractivity contribution in [2.24, 2.45) is 0 Å². The van der Waals surface area contributed by atoms with Crippen molar-refractivity contribution < 1.29 is 9.90 Å². The maximum Gasteiger partial charge on any atom is 0.257 e. The number of aliphatic hydroxyl groups excluding tert-OH is 1. The second-order valence-corrected chi connectivity index (χ2v) is 5.38. The van der Waals surface area contributed by atoms with Crippen molar-refractivity contribution in [2.45, 2.75) is 26.3 Å². The minimum absolute atomic E-state index is 0.0720. The van der Waals surface area contributed by atoms with Gasteiger partial charge in [0.2, 0.25) is 0 Å². The Bertz CT molecular complexity index is 438. The minimum atomic E-state index is -0.0819. The molecule has 6 heteroatoms. The third kappa shape index (κ3) is 4.18. The molecule has 1 amide bonds. The summed E-state index contributed by atoms with van der Waals surface area (Å²) in [5.41, 5.74) is 0.531. The van der Waals surface area contributed by atoms with Crippen LogP contribution in [0.15, 0.2) is 16.7 Å². The molecular formula is C13H20BrN3O2. The van der Waals surface area contributed by atoms with Crippen molar-refractivity contribution in [2.75, 3.05) is 25.5 Å². The van der Waals surface area contributed by atoms with Gasteiger partial charge in [0, 0.05) is 36.9 Å². The van der Waals surface area contributed by atoms with E-state index in [-0.39, 0.29) is 18.6 Å². The molecule has 106 valence electrons. The lowest BCUT2D eigenvalue weighted by Gasteiger charge is -2.27. The second-order valence-electron chi connectivity index (χ2n) is 4.47. The first-order chi connectivity index (χ1) is 9.01. The van der Waals surface area contributed by atoms with E-state index in [9.17, 15) is 4.79 Å². The SMILES string of the molecule is CNc1ncc(Br)cc1C(=O)N(CCCO)C(C)C. The predicted octanol–water partition coefficient (Wildman–Crippen LogP) is 2.12. The monoisotopic (exact) mass is 329 g/mol. The molecule has 0 unspecified atom stereocenters. The van der Waals surface area contributed by atoms with E-state index in [4.69, 9.17) is 5.11 Å². The molecule has 1 heterocycles. The maximum absolute atomic E-state index is 12.6. The fourth-order valence-electron chi connectivity index (χ4n) is 1.79. The average Bonchev–Trinajstić information content (AvgIpc) is 2.38.